The van der Waals surface area contributed by atoms with Crippen molar-refractivity contribution in [2.75, 3.05) is 19.6 Å². The second kappa shape index (κ2) is 5.85. The molecule has 0 aromatic carbocycles. The summed E-state index contributed by atoms with van der Waals surface area (Å²) in [6.07, 6.45) is 3.49. The van der Waals surface area contributed by atoms with Crippen LogP contribution in [0.3, 0.4) is 0 Å². The first-order valence-electron chi connectivity index (χ1n) is 8.27. The van der Waals surface area contributed by atoms with Crippen LogP contribution in [0.4, 0.5) is 0 Å². The molecule has 2 aliphatic heterocycles. The van der Waals surface area contributed by atoms with Gasteiger partial charge in [0.15, 0.2) is 0 Å². The maximum Gasteiger partial charge on any atom is 0.224 e. The van der Waals surface area contributed by atoms with Crippen LogP contribution >= 0.6 is 0 Å². The minimum atomic E-state index is 0.109. The minimum absolute atomic E-state index is 0.109. The SMILES string of the molecule is Cc1ccc(CN2Cc3ccnn3C(CC(=O)N3CCC3)C2)o1. The van der Waals surface area contributed by atoms with Gasteiger partial charge in [-0.1, -0.05) is 0 Å². The van der Waals surface area contributed by atoms with E-state index in [9.17, 15) is 4.79 Å². The maximum absolute atomic E-state index is 12.3. The fourth-order valence-corrected chi connectivity index (χ4v) is 3.42. The Hall–Kier alpha value is -2.08. The summed E-state index contributed by atoms with van der Waals surface area (Å²) in [5, 5.41) is 4.44. The molecule has 4 heterocycles. The average Bonchev–Trinajstić information content (AvgIpc) is 3.06. The van der Waals surface area contributed by atoms with Gasteiger partial charge in [0.05, 0.1) is 24.7 Å². The molecule has 2 aromatic rings. The Labute approximate surface area is 135 Å². The van der Waals surface area contributed by atoms with E-state index in [-0.39, 0.29) is 11.9 Å². The summed E-state index contributed by atoms with van der Waals surface area (Å²) >= 11 is 0. The number of hydrogen-bond acceptors (Lipinski definition) is 4. The summed E-state index contributed by atoms with van der Waals surface area (Å²) in [6, 6.07) is 6.18. The van der Waals surface area contributed by atoms with E-state index in [1.54, 1.807) is 0 Å². The lowest BCUT2D eigenvalue weighted by Crippen LogP contribution is -2.45. The quantitative estimate of drug-likeness (QED) is 0.866. The molecule has 0 aliphatic carbocycles. The molecular weight excluding hydrogens is 292 g/mol. The molecule has 1 atom stereocenters. The van der Waals surface area contributed by atoms with Gasteiger partial charge in [0.25, 0.3) is 0 Å². The number of furan rings is 1. The number of hydrogen-bond donors (Lipinski definition) is 0. The number of amides is 1. The van der Waals surface area contributed by atoms with Crippen molar-refractivity contribution in [2.45, 2.75) is 38.9 Å². The Morgan fingerprint density at radius 3 is 2.91 bits per heavy atom. The van der Waals surface area contributed by atoms with Gasteiger partial charge in [-0.3, -0.25) is 14.4 Å². The molecule has 6 heteroatoms. The van der Waals surface area contributed by atoms with E-state index in [1.807, 2.05) is 40.9 Å². The molecule has 0 N–H and O–H groups in total. The van der Waals surface area contributed by atoms with Crippen LogP contribution in [-0.2, 0) is 17.9 Å². The lowest BCUT2D eigenvalue weighted by atomic mass is 10.1. The first kappa shape index (κ1) is 14.5. The molecule has 0 bridgehead atoms. The summed E-state index contributed by atoms with van der Waals surface area (Å²) in [4.78, 5) is 16.6. The Bertz CT molecular complexity index is 701. The summed E-state index contributed by atoms with van der Waals surface area (Å²) in [5.41, 5.74) is 1.17. The van der Waals surface area contributed by atoms with Crippen LogP contribution in [-0.4, -0.2) is 45.1 Å². The number of aryl methyl sites for hydroxylation is 1. The van der Waals surface area contributed by atoms with Crippen molar-refractivity contribution >= 4 is 5.91 Å². The number of carbonyl (C=O) groups excluding carboxylic acids is 1. The van der Waals surface area contributed by atoms with Gasteiger partial charge < -0.3 is 9.32 Å². The second-order valence-corrected chi connectivity index (χ2v) is 6.54. The van der Waals surface area contributed by atoms with E-state index < -0.39 is 0 Å². The number of aromatic nitrogens is 2. The molecule has 1 fully saturated rings. The number of nitrogens with zero attached hydrogens (tertiary/aromatic N) is 4. The topological polar surface area (TPSA) is 54.5 Å². The molecule has 1 unspecified atom stereocenters. The van der Waals surface area contributed by atoms with Crippen molar-refractivity contribution in [1.29, 1.82) is 0 Å². The first-order valence-corrected chi connectivity index (χ1v) is 8.27. The summed E-state index contributed by atoms with van der Waals surface area (Å²) in [6.45, 7) is 6.22. The molecule has 0 radical (unpaired) electrons. The summed E-state index contributed by atoms with van der Waals surface area (Å²) in [7, 11) is 0. The molecule has 122 valence electrons. The van der Waals surface area contributed by atoms with E-state index in [2.05, 4.69) is 10.00 Å². The highest BCUT2D eigenvalue weighted by atomic mass is 16.3. The largest absolute Gasteiger partial charge is 0.465 e. The zero-order valence-electron chi connectivity index (χ0n) is 13.4. The molecule has 1 amide bonds. The van der Waals surface area contributed by atoms with Crippen LogP contribution in [0.2, 0.25) is 0 Å². The molecule has 0 saturated carbocycles. The highest BCUT2D eigenvalue weighted by Gasteiger charge is 2.30. The highest BCUT2D eigenvalue weighted by Crippen LogP contribution is 2.26. The van der Waals surface area contributed by atoms with Crippen molar-refractivity contribution < 1.29 is 9.21 Å². The zero-order chi connectivity index (χ0) is 15.8. The van der Waals surface area contributed by atoms with Crippen LogP contribution in [0, 0.1) is 6.92 Å². The lowest BCUT2D eigenvalue weighted by molar-refractivity contribution is -0.135. The smallest absolute Gasteiger partial charge is 0.224 e. The van der Waals surface area contributed by atoms with E-state index in [1.165, 1.54) is 5.69 Å². The third-order valence-electron chi connectivity index (χ3n) is 4.75. The van der Waals surface area contributed by atoms with Crippen LogP contribution in [0.1, 0.15) is 36.1 Å². The monoisotopic (exact) mass is 314 g/mol. The van der Waals surface area contributed by atoms with Gasteiger partial charge in [0.2, 0.25) is 5.91 Å². The number of fused-ring (bicyclic) bond motifs is 1. The van der Waals surface area contributed by atoms with Crippen LogP contribution < -0.4 is 0 Å². The van der Waals surface area contributed by atoms with E-state index in [4.69, 9.17) is 4.42 Å². The molecule has 2 aliphatic rings. The van der Waals surface area contributed by atoms with Crippen LogP contribution in [0.25, 0.3) is 0 Å². The van der Waals surface area contributed by atoms with Gasteiger partial charge >= 0.3 is 0 Å². The van der Waals surface area contributed by atoms with Crippen molar-refractivity contribution in [2.24, 2.45) is 0 Å². The summed E-state index contributed by atoms with van der Waals surface area (Å²) < 4.78 is 7.73. The van der Waals surface area contributed by atoms with Crippen LogP contribution in [0.15, 0.2) is 28.8 Å². The number of rotatable bonds is 4. The van der Waals surface area contributed by atoms with Gasteiger partial charge in [0, 0.05) is 32.4 Å². The highest BCUT2D eigenvalue weighted by molar-refractivity contribution is 5.77. The van der Waals surface area contributed by atoms with Crippen molar-refractivity contribution in [1.82, 2.24) is 19.6 Å². The van der Waals surface area contributed by atoms with E-state index in [0.717, 1.165) is 50.7 Å². The lowest BCUT2D eigenvalue weighted by Gasteiger charge is -2.36. The Balaban J connectivity index is 1.48. The van der Waals surface area contributed by atoms with Gasteiger partial charge in [-0.15, -0.1) is 0 Å². The van der Waals surface area contributed by atoms with Crippen molar-refractivity contribution in [3.05, 3.63) is 41.6 Å². The molecule has 23 heavy (non-hydrogen) atoms. The minimum Gasteiger partial charge on any atom is -0.465 e. The normalized spacial score (nSPS) is 21.1. The number of carbonyl (C=O) groups is 1. The van der Waals surface area contributed by atoms with E-state index >= 15 is 0 Å². The molecule has 6 nitrogen and oxygen atoms in total. The molecule has 4 rings (SSSR count). The fourth-order valence-electron chi connectivity index (χ4n) is 3.42. The van der Waals surface area contributed by atoms with E-state index in [0.29, 0.717) is 6.42 Å². The van der Waals surface area contributed by atoms with Gasteiger partial charge in [-0.2, -0.15) is 5.10 Å². The maximum atomic E-state index is 12.3. The van der Waals surface area contributed by atoms with Gasteiger partial charge in [0.1, 0.15) is 11.5 Å². The summed E-state index contributed by atoms with van der Waals surface area (Å²) in [5.74, 6) is 2.16. The Kier molecular flexibility index (Phi) is 3.69. The fraction of sp³-hybridized carbons (Fsp3) is 0.529. The zero-order valence-corrected chi connectivity index (χ0v) is 13.4. The Morgan fingerprint density at radius 1 is 1.35 bits per heavy atom. The predicted octanol–water partition coefficient (Wildman–Crippen LogP) is 1.96. The third-order valence-corrected chi connectivity index (χ3v) is 4.75. The van der Waals surface area contributed by atoms with Gasteiger partial charge in [-0.05, 0) is 31.5 Å². The first-order chi connectivity index (χ1) is 11.2. The average molecular weight is 314 g/mol. The third kappa shape index (κ3) is 2.91. The van der Waals surface area contributed by atoms with Crippen LogP contribution in [0.5, 0.6) is 0 Å². The molecule has 1 saturated heterocycles. The standard InChI is InChI=1S/C17H22N4O2/c1-13-3-4-16(23-13)12-19-10-14-5-6-18-21(14)15(11-19)9-17(22)20-7-2-8-20/h3-6,15H,2,7-12H2,1H3. The van der Waals surface area contributed by atoms with Crippen molar-refractivity contribution in [3.8, 4) is 0 Å². The van der Waals surface area contributed by atoms with Gasteiger partial charge in [-0.25, -0.2) is 0 Å². The number of likely N-dealkylation sites (tertiary alicyclic amines) is 1. The Morgan fingerprint density at radius 2 is 2.22 bits per heavy atom. The van der Waals surface area contributed by atoms with Crippen molar-refractivity contribution in [3.63, 3.8) is 0 Å². The molecule has 2 aromatic heterocycles. The molecule has 0 spiro atoms. The molecular formula is C17H22N4O2. The predicted molar refractivity (Wildman–Crippen MR) is 84.6 cm³/mol. The second-order valence-electron chi connectivity index (χ2n) is 6.54.